The van der Waals surface area contributed by atoms with Gasteiger partial charge in [-0.2, -0.15) is 0 Å². The van der Waals surface area contributed by atoms with Gasteiger partial charge >= 0.3 is 0 Å². The number of carbonyl (C=O) groups is 1. The lowest BCUT2D eigenvalue weighted by molar-refractivity contribution is 0.102. The molecule has 0 fully saturated rings. The monoisotopic (exact) mass is 322 g/mol. The first kappa shape index (κ1) is 15.8. The maximum Gasteiger partial charge on any atom is 0.261 e. The van der Waals surface area contributed by atoms with E-state index in [0.717, 1.165) is 23.4 Å². The smallest absolute Gasteiger partial charge is 0.261 e. The second-order valence-electron chi connectivity index (χ2n) is 5.30. The van der Waals surface area contributed by atoms with Crippen LogP contribution in [0.5, 0.6) is 5.75 Å². The lowest BCUT2D eigenvalue weighted by Crippen LogP contribution is -2.12. The molecule has 0 radical (unpaired) electrons. The van der Waals surface area contributed by atoms with E-state index in [1.807, 2.05) is 48.5 Å². The highest BCUT2D eigenvalue weighted by Gasteiger charge is 2.18. The first-order valence-corrected chi connectivity index (χ1v) is 7.70. The van der Waals surface area contributed by atoms with Crippen molar-refractivity contribution in [2.45, 2.75) is 13.3 Å². The van der Waals surface area contributed by atoms with Gasteiger partial charge in [0.1, 0.15) is 11.3 Å². The summed E-state index contributed by atoms with van der Waals surface area (Å²) >= 11 is 0. The number of nitrogens with one attached hydrogen (secondary N) is 1. The molecule has 3 rings (SSSR count). The van der Waals surface area contributed by atoms with Crippen LogP contribution >= 0.6 is 0 Å². The molecule has 0 saturated heterocycles. The van der Waals surface area contributed by atoms with Gasteiger partial charge in [0.25, 0.3) is 5.91 Å². The average Bonchev–Trinajstić information content (AvgIpc) is 3.12. The minimum absolute atomic E-state index is 0.258. The summed E-state index contributed by atoms with van der Waals surface area (Å²) in [5, 5.41) is 6.63. The van der Waals surface area contributed by atoms with Crippen molar-refractivity contribution >= 4 is 11.6 Å². The number of rotatable bonds is 5. The number of aryl methyl sites for hydroxylation is 1. The van der Waals surface area contributed by atoms with E-state index in [-0.39, 0.29) is 5.91 Å². The van der Waals surface area contributed by atoms with Gasteiger partial charge < -0.3 is 14.6 Å². The average molecular weight is 322 g/mol. The van der Waals surface area contributed by atoms with Gasteiger partial charge in [0.05, 0.1) is 13.3 Å². The molecular weight excluding hydrogens is 304 g/mol. The van der Waals surface area contributed by atoms with Crippen LogP contribution in [0.1, 0.15) is 22.8 Å². The van der Waals surface area contributed by atoms with E-state index in [1.54, 1.807) is 7.11 Å². The Balaban J connectivity index is 1.81. The van der Waals surface area contributed by atoms with E-state index in [4.69, 9.17) is 9.26 Å². The molecule has 5 nitrogen and oxygen atoms in total. The third kappa shape index (κ3) is 3.30. The molecule has 0 unspecified atom stereocenters. The van der Waals surface area contributed by atoms with Gasteiger partial charge in [0.15, 0.2) is 5.76 Å². The third-order valence-electron chi connectivity index (χ3n) is 3.79. The first-order chi connectivity index (χ1) is 11.7. The van der Waals surface area contributed by atoms with Crippen molar-refractivity contribution in [2.75, 3.05) is 12.4 Å². The second-order valence-corrected chi connectivity index (χ2v) is 5.30. The SMILES string of the molecule is CCc1ccc(NC(=O)c2cnoc2-c2ccc(OC)cc2)cc1. The molecule has 0 aliphatic rings. The highest BCUT2D eigenvalue weighted by Crippen LogP contribution is 2.26. The Hall–Kier alpha value is -3.08. The zero-order valence-electron chi connectivity index (χ0n) is 13.6. The minimum atomic E-state index is -0.258. The van der Waals surface area contributed by atoms with E-state index < -0.39 is 0 Å². The molecule has 1 aromatic heterocycles. The number of carbonyl (C=O) groups excluding carboxylic acids is 1. The van der Waals surface area contributed by atoms with Crippen LogP contribution in [0.3, 0.4) is 0 Å². The predicted molar refractivity (Wildman–Crippen MR) is 92.3 cm³/mol. The molecule has 0 aliphatic heterocycles. The Morgan fingerprint density at radius 2 is 1.83 bits per heavy atom. The Kier molecular flexibility index (Phi) is 4.61. The zero-order chi connectivity index (χ0) is 16.9. The van der Waals surface area contributed by atoms with E-state index >= 15 is 0 Å². The van der Waals surface area contributed by atoms with Crippen LogP contribution in [0, 0.1) is 0 Å². The van der Waals surface area contributed by atoms with Gasteiger partial charge in [-0.3, -0.25) is 4.79 Å². The molecule has 1 N–H and O–H groups in total. The largest absolute Gasteiger partial charge is 0.497 e. The van der Waals surface area contributed by atoms with E-state index in [2.05, 4.69) is 17.4 Å². The quantitative estimate of drug-likeness (QED) is 0.766. The van der Waals surface area contributed by atoms with Crippen LogP contribution < -0.4 is 10.1 Å². The van der Waals surface area contributed by atoms with Crippen LogP contribution in [-0.2, 0) is 6.42 Å². The van der Waals surface area contributed by atoms with E-state index in [0.29, 0.717) is 11.3 Å². The van der Waals surface area contributed by atoms with Crippen LogP contribution in [-0.4, -0.2) is 18.2 Å². The van der Waals surface area contributed by atoms with Gasteiger partial charge in [-0.05, 0) is 48.4 Å². The van der Waals surface area contributed by atoms with Gasteiger partial charge in [0, 0.05) is 11.3 Å². The summed E-state index contributed by atoms with van der Waals surface area (Å²) in [6.45, 7) is 2.09. The molecular formula is C19H18N2O3. The van der Waals surface area contributed by atoms with Crippen LogP contribution in [0.15, 0.2) is 59.3 Å². The molecule has 0 spiro atoms. The normalized spacial score (nSPS) is 10.4. The topological polar surface area (TPSA) is 64.4 Å². The number of hydrogen-bond donors (Lipinski definition) is 1. The van der Waals surface area contributed by atoms with Crippen molar-refractivity contribution in [1.82, 2.24) is 5.16 Å². The van der Waals surface area contributed by atoms with E-state index in [1.165, 1.54) is 11.8 Å². The number of ether oxygens (including phenoxy) is 1. The molecule has 1 heterocycles. The molecule has 1 amide bonds. The molecule has 0 saturated carbocycles. The van der Waals surface area contributed by atoms with Crippen LogP contribution in [0.25, 0.3) is 11.3 Å². The fraction of sp³-hybridized carbons (Fsp3) is 0.158. The van der Waals surface area contributed by atoms with Gasteiger partial charge in [-0.15, -0.1) is 0 Å². The highest BCUT2D eigenvalue weighted by atomic mass is 16.5. The summed E-state index contributed by atoms with van der Waals surface area (Å²) in [4.78, 5) is 12.5. The van der Waals surface area contributed by atoms with Crippen LogP contribution in [0.4, 0.5) is 5.69 Å². The minimum Gasteiger partial charge on any atom is -0.497 e. The Labute approximate surface area is 140 Å². The molecule has 0 bridgehead atoms. The fourth-order valence-corrected chi connectivity index (χ4v) is 2.37. The lowest BCUT2D eigenvalue weighted by Gasteiger charge is -2.06. The van der Waals surface area contributed by atoms with Gasteiger partial charge in [-0.1, -0.05) is 24.2 Å². The first-order valence-electron chi connectivity index (χ1n) is 7.70. The summed E-state index contributed by atoms with van der Waals surface area (Å²) < 4.78 is 10.4. The fourth-order valence-electron chi connectivity index (χ4n) is 2.37. The predicted octanol–water partition coefficient (Wildman–Crippen LogP) is 4.16. The summed E-state index contributed by atoms with van der Waals surface area (Å²) in [7, 11) is 1.60. The van der Waals surface area contributed by atoms with Crippen molar-refractivity contribution in [2.24, 2.45) is 0 Å². The highest BCUT2D eigenvalue weighted by molar-refractivity contribution is 6.07. The second kappa shape index (κ2) is 7.00. The Morgan fingerprint density at radius 3 is 2.46 bits per heavy atom. The third-order valence-corrected chi connectivity index (χ3v) is 3.79. The van der Waals surface area contributed by atoms with E-state index in [9.17, 15) is 4.79 Å². The molecule has 122 valence electrons. The van der Waals surface area contributed by atoms with Crippen LogP contribution in [0.2, 0.25) is 0 Å². The zero-order valence-corrected chi connectivity index (χ0v) is 13.6. The summed E-state index contributed by atoms with van der Waals surface area (Å²) in [5.74, 6) is 0.909. The molecule has 2 aromatic carbocycles. The number of methoxy groups -OCH3 is 1. The summed E-state index contributed by atoms with van der Waals surface area (Å²) in [6.07, 6.45) is 2.39. The molecule has 0 atom stereocenters. The number of nitrogens with zero attached hydrogens (tertiary/aromatic N) is 1. The summed E-state index contributed by atoms with van der Waals surface area (Å²) in [6, 6.07) is 15.0. The van der Waals surface area contributed by atoms with Crippen molar-refractivity contribution < 1.29 is 14.1 Å². The lowest BCUT2D eigenvalue weighted by atomic mass is 10.1. The maximum atomic E-state index is 12.5. The number of hydrogen-bond acceptors (Lipinski definition) is 4. The maximum absolute atomic E-state index is 12.5. The van der Waals surface area contributed by atoms with Crippen molar-refractivity contribution in [3.05, 3.63) is 65.9 Å². The standard InChI is InChI=1S/C19H18N2O3/c1-3-13-4-8-15(9-5-13)21-19(22)17-12-20-24-18(17)14-6-10-16(23-2)11-7-14/h4-12H,3H2,1-2H3,(H,21,22). The number of aromatic nitrogens is 1. The van der Waals surface area contributed by atoms with Gasteiger partial charge in [-0.25, -0.2) is 0 Å². The Bertz CT molecular complexity index is 821. The number of anilines is 1. The molecule has 5 heteroatoms. The van der Waals surface area contributed by atoms with Gasteiger partial charge in [0.2, 0.25) is 0 Å². The number of benzene rings is 2. The Morgan fingerprint density at radius 1 is 1.12 bits per heavy atom. The number of amides is 1. The summed E-state index contributed by atoms with van der Waals surface area (Å²) in [5.41, 5.74) is 3.11. The molecule has 0 aliphatic carbocycles. The van der Waals surface area contributed by atoms with Crippen molar-refractivity contribution in [3.8, 4) is 17.1 Å². The molecule has 24 heavy (non-hydrogen) atoms. The van der Waals surface area contributed by atoms with Crippen molar-refractivity contribution in [1.29, 1.82) is 0 Å². The molecule has 3 aromatic rings. The van der Waals surface area contributed by atoms with Crippen molar-refractivity contribution in [3.63, 3.8) is 0 Å².